The highest BCUT2D eigenvalue weighted by atomic mass is 32.2. The molecule has 0 unspecified atom stereocenters. The van der Waals surface area contributed by atoms with Crippen LogP contribution in [0.25, 0.3) is 11.1 Å². The van der Waals surface area contributed by atoms with Gasteiger partial charge >= 0.3 is 0 Å². The highest BCUT2D eigenvalue weighted by Crippen LogP contribution is 2.43. The van der Waals surface area contributed by atoms with Gasteiger partial charge in [0, 0.05) is 18.0 Å². The number of thioether (sulfide) groups is 1. The third-order valence-electron chi connectivity index (χ3n) is 4.65. The normalized spacial score (nSPS) is 18.4. The van der Waals surface area contributed by atoms with E-state index in [9.17, 15) is 0 Å². The molecule has 132 valence electrons. The lowest BCUT2D eigenvalue weighted by Gasteiger charge is -2.31. The van der Waals surface area contributed by atoms with Gasteiger partial charge in [0.1, 0.15) is 0 Å². The molecule has 1 saturated heterocycles. The topological polar surface area (TPSA) is 21.3 Å². The Labute approximate surface area is 159 Å². The molecule has 0 radical (unpaired) electrons. The largest absolute Gasteiger partial charge is 0.374 e. The number of hydrogen-bond donors (Lipinski definition) is 1. The van der Waals surface area contributed by atoms with Crippen LogP contribution >= 0.6 is 11.8 Å². The first kappa shape index (κ1) is 17.3. The summed E-state index contributed by atoms with van der Waals surface area (Å²) < 4.78 is 6.13. The van der Waals surface area contributed by atoms with Crippen LogP contribution in [-0.4, -0.2) is 25.8 Å². The lowest BCUT2D eigenvalue weighted by Crippen LogP contribution is -2.41. The Hall–Kier alpha value is -2.07. The number of morpholine rings is 1. The lowest BCUT2D eigenvalue weighted by atomic mass is 10.1. The molecule has 3 aromatic rings. The molecular weight excluding hydrogens is 338 g/mol. The quantitative estimate of drug-likeness (QED) is 0.633. The van der Waals surface area contributed by atoms with Gasteiger partial charge in [-0.3, -0.25) is 0 Å². The lowest BCUT2D eigenvalue weighted by molar-refractivity contribution is 0.0273. The smallest absolute Gasteiger partial charge is 0.0862 e. The van der Waals surface area contributed by atoms with Crippen LogP contribution in [0, 0.1) is 0 Å². The predicted molar refractivity (Wildman–Crippen MR) is 110 cm³/mol. The van der Waals surface area contributed by atoms with Gasteiger partial charge in [-0.2, -0.15) is 0 Å². The van der Waals surface area contributed by atoms with Crippen molar-refractivity contribution in [3.8, 4) is 11.1 Å². The van der Waals surface area contributed by atoms with Crippen LogP contribution < -0.4 is 5.32 Å². The fourth-order valence-corrected chi connectivity index (χ4v) is 4.71. The predicted octanol–water partition coefficient (Wildman–Crippen LogP) is 5.18. The molecule has 2 nitrogen and oxygen atoms in total. The summed E-state index contributed by atoms with van der Waals surface area (Å²) in [6.45, 7) is 2.60. The summed E-state index contributed by atoms with van der Waals surface area (Å²) >= 11 is 1.90. The summed E-state index contributed by atoms with van der Waals surface area (Å²) in [5.41, 5.74) is 3.85. The van der Waals surface area contributed by atoms with E-state index >= 15 is 0 Å². The van der Waals surface area contributed by atoms with Crippen molar-refractivity contribution in [3.05, 3.63) is 90.5 Å². The highest BCUT2D eigenvalue weighted by Gasteiger charge is 2.27. The van der Waals surface area contributed by atoms with E-state index in [1.165, 1.54) is 21.6 Å². The van der Waals surface area contributed by atoms with Crippen molar-refractivity contribution in [2.45, 2.75) is 16.2 Å². The number of benzene rings is 3. The molecule has 26 heavy (non-hydrogen) atoms. The summed E-state index contributed by atoms with van der Waals surface area (Å²) in [6, 6.07) is 30.0. The van der Waals surface area contributed by atoms with Gasteiger partial charge in [0.15, 0.2) is 0 Å². The second-order valence-electron chi connectivity index (χ2n) is 6.42. The fraction of sp³-hybridized carbons (Fsp3) is 0.217. The molecule has 3 aromatic carbocycles. The van der Waals surface area contributed by atoms with Crippen molar-refractivity contribution in [3.63, 3.8) is 0 Å². The third kappa shape index (κ3) is 4.01. The molecule has 1 aliphatic heterocycles. The zero-order valence-electron chi connectivity index (χ0n) is 14.7. The first-order valence-electron chi connectivity index (χ1n) is 9.10. The van der Waals surface area contributed by atoms with E-state index in [1.54, 1.807) is 0 Å². The van der Waals surface area contributed by atoms with Crippen LogP contribution in [0.4, 0.5) is 0 Å². The molecule has 0 aromatic heterocycles. The van der Waals surface area contributed by atoms with Gasteiger partial charge in [-0.25, -0.2) is 0 Å². The Morgan fingerprint density at radius 2 is 1.54 bits per heavy atom. The molecule has 2 atom stereocenters. The standard InChI is InChI=1S/C23H23NOS/c1-3-9-18(10-4-1)20-13-7-8-14-22(20)26-23(19-11-5-2-6-12-19)21-17-24-15-16-25-21/h1-14,21,23-24H,15-17H2/t21-,23-/m0/s1. The average molecular weight is 362 g/mol. The van der Waals surface area contributed by atoms with Crippen LogP contribution in [0.2, 0.25) is 0 Å². The van der Waals surface area contributed by atoms with Gasteiger partial charge in [0.05, 0.1) is 18.0 Å². The third-order valence-corrected chi connectivity index (χ3v) is 6.09. The number of nitrogens with one attached hydrogen (secondary N) is 1. The second-order valence-corrected chi connectivity index (χ2v) is 7.61. The molecule has 4 rings (SSSR count). The minimum atomic E-state index is 0.167. The van der Waals surface area contributed by atoms with E-state index in [0.29, 0.717) is 0 Å². The van der Waals surface area contributed by atoms with E-state index in [0.717, 1.165) is 19.7 Å². The van der Waals surface area contributed by atoms with Crippen LogP contribution in [0.5, 0.6) is 0 Å². The Morgan fingerprint density at radius 3 is 2.27 bits per heavy atom. The van der Waals surface area contributed by atoms with Crippen LogP contribution in [0.15, 0.2) is 89.8 Å². The second kappa shape index (κ2) is 8.54. The molecule has 1 aliphatic rings. The molecule has 1 fully saturated rings. The summed E-state index contributed by atoms with van der Waals surface area (Å²) in [6.07, 6.45) is 0.167. The molecule has 0 aliphatic carbocycles. The maximum Gasteiger partial charge on any atom is 0.0862 e. The highest BCUT2D eigenvalue weighted by molar-refractivity contribution is 7.99. The van der Waals surface area contributed by atoms with Crippen molar-refractivity contribution in [1.82, 2.24) is 5.32 Å². The molecule has 1 heterocycles. The molecular formula is C23H23NOS. The first-order valence-corrected chi connectivity index (χ1v) is 9.98. The van der Waals surface area contributed by atoms with Gasteiger partial charge in [0.25, 0.3) is 0 Å². The SMILES string of the molecule is c1ccc(-c2ccccc2S[C@@H](c2ccccc2)[C@@H]2CNCCO2)cc1. The van der Waals surface area contributed by atoms with Crippen LogP contribution in [0.1, 0.15) is 10.8 Å². The van der Waals surface area contributed by atoms with Gasteiger partial charge in [-0.1, -0.05) is 78.9 Å². The van der Waals surface area contributed by atoms with Crippen molar-refractivity contribution in [1.29, 1.82) is 0 Å². The minimum Gasteiger partial charge on any atom is -0.374 e. The summed E-state index contributed by atoms with van der Waals surface area (Å²) in [4.78, 5) is 1.29. The first-order chi connectivity index (χ1) is 12.9. The van der Waals surface area contributed by atoms with Crippen LogP contribution in [0.3, 0.4) is 0 Å². The molecule has 3 heteroatoms. The van der Waals surface area contributed by atoms with Crippen molar-refractivity contribution in [2.24, 2.45) is 0 Å². The Morgan fingerprint density at radius 1 is 0.846 bits per heavy atom. The summed E-state index contributed by atoms with van der Waals surface area (Å²) in [5.74, 6) is 0. The summed E-state index contributed by atoms with van der Waals surface area (Å²) in [7, 11) is 0. The van der Waals surface area contributed by atoms with Crippen molar-refractivity contribution < 1.29 is 4.74 Å². The van der Waals surface area contributed by atoms with Gasteiger partial charge < -0.3 is 10.1 Å². The molecule has 0 amide bonds. The average Bonchev–Trinajstić information content (AvgIpc) is 2.74. The monoisotopic (exact) mass is 361 g/mol. The molecule has 0 bridgehead atoms. The van der Waals surface area contributed by atoms with E-state index in [2.05, 4.69) is 90.2 Å². The molecule has 0 spiro atoms. The number of hydrogen-bond acceptors (Lipinski definition) is 3. The van der Waals surface area contributed by atoms with Crippen LogP contribution in [-0.2, 0) is 4.74 Å². The van der Waals surface area contributed by atoms with E-state index < -0.39 is 0 Å². The minimum absolute atomic E-state index is 0.167. The molecule has 1 N–H and O–H groups in total. The van der Waals surface area contributed by atoms with E-state index in [4.69, 9.17) is 4.74 Å². The van der Waals surface area contributed by atoms with E-state index in [-0.39, 0.29) is 11.4 Å². The maximum atomic E-state index is 6.13. The van der Waals surface area contributed by atoms with Crippen molar-refractivity contribution >= 4 is 11.8 Å². The Bertz CT molecular complexity index is 816. The van der Waals surface area contributed by atoms with Gasteiger partial charge in [-0.15, -0.1) is 11.8 Å². The zero-order chi connectivity index (χ0) is 17.6. The van der Waals surface area contributed by atoms with Gasteiger partial charge in [0.2, 0.25) is 0 Å². The number of ether oxygens (including phenoxy) is 1. The Kier molecular flexibility index (Phi) is 5.70. The Balaban J connectivity index is 1.68. The number of rotatable bonds is 5. The summed E-state index contributed by atoms with van der Waals surface area (Å²) in [5, 5.41) is 3.74. The van der Waals surface area contributed by atoms with Crippen molar-refractivity contribution in [2.75, 3.05) is 19.7 Å². The fourth-order valence-electron chi connectivity index (χ4n) is 3.34. The maximum absolute atomic E-state index is 6.13. The van der Waals surface area contributed by atoms with Gasteiger partial charge in [-0.05, 0) is 22.8 Å². The van der Waals surface area contributed by atoms with E-state index in [1.807, 2.05) is 11.8 Å². The molecule has 0 saturated carbocycles. The zero-order valence-corrected chi connectivity index (χ0v) is 15.5.